The molecule has 9 heteroatoms. The minimum Gasteiger partial charge on any atom is -0.272 e. The summed E-state index contributed by atoms with van der Waals surface area (Å²) in [4.78, 5) is 20.3. The SMILES string of the molecule is CC1CC(Cl)=CC(=CC=NNc2ccc([N+](=O)[O-])cc2[N+](=O)[O-])C1. The molecule has 0 bridgehead atoms. The first-order chi connectivity index (χ1) is 11.4. The van der Waals surface area contributed by atoms with Crippen LogP contribution in [-0.4, -0.2) is 16.1 Å². The Morgan fingerprint density at radius 2 is 2.04 bits per heavy atom. The highest BCUT2D eigenvalue weighted by Crippen LogP contribution is 2.30. The molecular weight excluding hydrogens is 336 g/mol. The van der Waals surface area contributed by atoms with Crippen molar-refractivity contribution in [3.8, 4) is 0 Å². The van der Waals surface area contributed by atoms with Crippen LogP contribution in [0.25, 0.3) is 0 Å². The number of allylic oxidation sites excluding steroid dienone is 4. The van der Waals surface area contributed by atoms with Crippen molar-refractivity contribution < 1.29 is 9.85 Å². The second-order valence-corrected chi connectivity index (χ2v) is 5.94. The summed E-state index contributed by atoms with van der Waals surface area (Å²) in [5.74, 6) is 0.450. The molecule has 1 N–H and O–H groups in total. The van der Waals surface area contributed by atoms with E-state index in [1.807, 2.05) is 6.08 Å². The molecule has 1 unspecified atom stereocenters. The van der Waals surface area contributed by atoms with Gasteiger partial charge in [0.1, 0.15) is 5.69 Å². The van der Waals surface area contributed by atoms with E-state index in [1.165, 1.54) is 18.3 Å². The molecule has 0 radical (unpaired) electrons. The lowest BCUT2D eigenvalue weighted by atomic mass is 9.92. The van der Waals surface area contributed by atoms with Crippen LogP contribution in [0.15, 0.2) is 46.1 Å². The lowest BCUT2D eigenvalue weighted by Gasteiger charge is -2.17. The molecule has 126 valence electrons. The van der Waals surface area contributed by atoms with Gasteiger partial charge in [0, 0.05) is 17.3 Å². The van der Waals surface area contributed by atoms with Crippen LogP contribution in [0.2, 0.25) is 0 Å². The number of hydrogen-bond acceptors (Lipinski definition) is 6. The summed E-state index contributed by atoms with van der Waals surface area (Å²) in [6.07, 6.45) is 6.84. The molecule has 2 rings (SSSR count). The van der Waals surface area contributed by atoms with Gasteiger partial charge in [0.2, 0.25) is 0 Å². The Morgan fingerprint density at radius 1 is 1.29 bits per heavy atom. The van der Waals surface area contributed by atoms with Crippen molar-refractivity contribution in [2.75, 3.05) is 5.43 Å². The van der Waals surface area contributed by atoms with E-state index in [1.54, 1.807) is 6.08 Å². The van der Waals surface area contributed by atoms with Gasteiger partial charge < -0.3 is 0 Å². The molecule has 0 saturated carbocycles. The van der Waals surface area contributed by atoms with Crippen molar-refractivity contribution in [3.63, 3.8) is 0 Å². The predicted molar refractivity (Wildman–Crippen MR) is 92.3 cm³/mol. The van der Waals surface area contributed by atoms with Crippen LogP contribution in [0.3, 0.4) is 0 Å². The van der Waals surface area contributed by atoms with E-state index in [-0.39, 0.29) is 11.4 Å². The quantitative estimate of drug-likeness (QED) is 0.481. The zero-order valence-electron chi connectivity index (χ0n) is 12.8. The van der Waals surface area contributed by atoms with Crippen LogP contribution in [0, 0.1) is 26.1 Å². The molecule has 0 saturated heterocycles. The van der Waals surface area contributed by atoms with Gasteiger partial charge in [-0.3, -0.25) is 25.7 Å². The normalized spacial score (nSPS) is 19.3. The van der Waals surface area contributed by atoms with E-state index < -0.39 is 15.5 Å². The largest absolute Gasteiger partial charge is 0.301 e. The Hall–Kier alpha value is -2.74. The minimum atomic E-state index is -0.700. The average molecular weight is 351 g/mol. The summed E-state index contributed by atoms with van der Waals surface area (Å²) in [6, 6.07) is 3.32. The lowest BCUT2D eigenvalue weighted by molar-refractivity contribution is -0.393. The number of halogens is 1. The Labute approximate surface area is 142 Å². The predicted octanol–water partition coefficient (Wildman–Crippen LogP) is 4.38. The number of rotatable bonds is 5. The number of nitro benzene ring substituents is 2. The van der Waals surface area contributed by atoms with E-state index in [0.29, 0.717) is 5.92 Å². The molecule has 8 nitrogen and oxygen atoms in total. The van der Waals surface area contributed by atoms with Crippen molar-refractivity contribution in [1.29, 1.82) is 0 Å². The molecule has 0 heterocycles. The second kappa shape index (κ2) is 7.69. The second-order valence-electron chi connectivity index (χ2n) is 5.45. The fraction of sp³-hybridized carbons (Fsp3) is 0.267. The van der Waals surface area contributed by atoms with E-state index in [9.17, 15) is 20.2 Å². The van der Waals surface area contributed by atoms with Gasteiger partial charge in [-0.1, -0.05) is 18.5 Å². The molecule has 0 aromatic heterocycles. The summed E-state index contributed by atoms with van der Waals surface area (Å²) < 4.78 is 0. The number of hydrogen-bond donors (Lipinski definition) is 1. The molecule has 0 aliphatic heterocycles. The maximum atomic E-state index is 11.0. The number of benzene rings is 1. The van der Waals surface area contributed by atoms with E-state index in [0.717, 1.165) is 29.5 Å². The summed E-state index contributed by atoms with van der Waals surface area (Å²) >= 11 is 6.04. The highest BCUT2D eigenvalue weighted by atomic mass is 35.5. The Balaban J connectivity index is 2.13. The molecule has 0 fully saturated rings. The number of non-ortho nitro benzene ring substituents is 1. The van der Waals surface area contributed by atoms with Crippen molar-refractivity contribution in [3.05, 3.63) is 61.2 Å². The van der Waals surface area contributed by atoms with Crippen LogP contribution in [0.1, 0.15) is 19.8 Å². The number of nitro groups is 2. The zero-order valence-corrected chi connectivity index (χ0v) is 13.6. The minimum absolute atomic E-state index is 0.0748. The van der Waals surface area contributed by atoms with Crippen molar-refractivity contribution >= 4 is 34.9 Å². The summed E-state index contributed by atoms with van der Waals surface area (Å²) in [7, 11) is 0. The number of nitrogens with one attached hydrogen (secondary N) is 1. The molecule has 0 amide bonds. The van der Waals surface area contributed by atoms with Gasteiger partial charge >= 0.3 is 5.69 Å². The zero-order chi connectivity index (χ0) is 17.7. The van der Waals surface area contributed by atoms with Crippen LogP contribution in [-0.2, 0) is 0 Å². The first-order valence-electron chi connectivity index (χ1n) is 7.14. The van der Waals surface area contributed by atoms with Gasteiger partial charge in [0.25, 0.3) is 5.69 Å². The van der Waals surface area contributed by atoms with Crippen LogP contribution in [0.5, 0.6) is 0 Å². The maximum absolute atomic E-state index is 11.0. The Bertz CT molecular complexity index is 758. The van der Waals surface area contributed by atoms with Crippen LogP contribution in [0.4, 0.5) is 17.1 Å². The van der Waals surface area contributed by atoms with E-state index in [4.69, 9.17) is 11.6 Å². The van der Waals surface area contributed by atoms with Gasteiger partial charge in [-0.05, 0) is 42.6 Å². The fourth-order valence-electron chi connectivity index (χ4n) is 2.36. The monoisotopic (exact) mass is 350 g/mol. The third-order valence-corrected chi connectivity index (χ3v) is 3.67. The molecule has 1 aromatic carbocycles. The molecular formula is C15H15ClN4O4. The van der Waals surface area contributed by atoms with E-state index >= 15 is 0 Å². The molecule has 0 spiro atoms. The maximum Gasteiger partial charge on any atom is 0.301 e. The van der Waals surface area contributed by atoms with Gasteiger partial charge in [0.15, 0.2) is 0 Å². The van der Waals surface area contributed by atoms with Gasteiger partial charge in [-0.15, -0.1) is 0 Å². The summed E-state index contributed by atoms with van der Waals surface area (Å²) in [5.41, 5.74) is 2.85. The third-order valence-electron chi connectivity index (χ3n) is 3.41. The van der Waals surface area contributed by atoms with Crippen molar-refractivity contribution in [1.82, 2.24) is 0 Å². The lowest BCUT2D eigenvalue weighted by Crippen LogP contribution is -2.02. The Morgan fingerprint density at radius 3 is 2.67 bits per heavy atom. The fourth-order valence-corrected chi connectivity index (χ4v) is 2.77. The van der Waals surface area contributed by atoms with Crippen molar-refractivity contribution in [2.45, 2.75) is 19.8 Å². The van der Waals surface area contributed by atoms with Gasteiger partial charge in [-0.2, -0.15) is 5.10 Å². The Kier molecular flexibility index (Phi) is 5.64. The number of anilines is 1. The standard InChI is InChI=1S/C15H15ClN4O4/c1-10-6-11(8-12(16)7-10)4-5-17-18-14-3-2-13(19(21)22)9-15(14)20(23)24/h2-5,8-10,18H,6-7H2,1H3. The number of hydrazone groups is 1. The highest BCUT2D eigenvalue weighted by molar-refractivity contribution is 6.29. The highest BCUT2D eigenvalue weighted by Gasteiger charge is 2.19. The smallest absolute Gasteiger partial charge is 0.272 e. The average Bonchev–Trinajstić information content (AvgIpc) is 2.50. The summed E-state index contributed by atoms with van der Waals surface area (Å²) in [5, 5.41) is 26.4. The van der Waals surface area contributed by atoms with Crippen LogP contribution < -0.4 is 5.43 Å². The third kappa shape index (κ3) is 4.63. The van der Waals surface area contributed by atoms with Crippen LogP contribution >= 0.6 is 11.6 Å². The van der Waals surface area contributed by atoms with E-state index in [2.05, 4.69) is 17.5 Å². The first kappa shape index (κ1) is 17.6. The molecule has 1 atom stereocenters. The number of nitrogens with zero attached hydrogens (tertiary/aromatic N) is 3. The molecule has 1 aliphatic carbocycles. The van der Waals surface area contributed by atoms with Gasteiger partial charge in [-0.25, -0.2) is 0 Å². The first-order valence-corrected chi connectivity index (χ1v) is 7.51. The molecule has 1 aromatic rings. The summed E-state index contributed by atoms with van der Waals surface area (Å²) in [6.45, 7) is 2.10. The van der Waals surface area contributed by atoms with Crippen molar-refractivity contribution in [2.24, 2.45) is 11.0 Å². The van der Waals surface area contributed by atoms with Gasteiger partial charge in [0.05, 0.1) is 15.9 Å². The molecule has 1 aliphatic rings. The molecule has 24 heavy (non-hydrogen) atoms. The topological polar surface area (TPSA) is 111 Å².